The van der Waals surface area contributed by atoms with E-state index < -0.39 is 6.04 Å². The normalized spacial score (nSPS) is 17.0. The van der Waals surface area contributed by atoms with E-state index in [9.17, 15) is 14.4 Å². The van der Waals surface area contributed by atoms with Crippen LogP contribution < -0.4 is 10.6 Å². The summed E-state index contributed by atoms with van der Waals surface area (Å²) in [7, 11) is 0. The summed E-state index contributed by atoms with van der Waals surface area (Å²) in [6.07, 6.45) is 3.93. The van der Waals surface area contributed by atoms with Crippen molar-refractivity contribution in [2.75, 3.05) is 13.1 Å². The number of para-hydroxylation sites is 1. The standard InChI is InChI=1S/C19H24N4O3/c1-2-10-20-17(24)8-7-16-18(25)23(19(26)22-16)11-9-13-12-21-15-6-4-3-5-14(13)15/h3-6,12,16,21H,2,7-11H2,1H3,(H,20,24)(H,22,26)/t16-/m0/s1. The van der Waals surface area contributed by atoms with Gasteiger partial charge in [-0.05, 0) is 30.9 Å². The van der Waals surface area contributed by atoms with Crippen LogP contribution in [-0.2, 0) is 16.0 Å². The third-order valence-corrected chi connectivity index (χ3v) is 4.62. The number of aromatic nitrogens is 1. The first-order chi connectivity index (χ1) is 12.6. The Morgan fingerprint density at radius 2 is 2.08 bits per heavy atom. The molecule has 7 nitrogen and oxygen atoms in total. The fraction of sp³-hybridized carbons (Fsp3) is 0.421. The van der Waals surface area contributed by atoms with Gasteiger partial charge in [0.25, 0.3) is 5.91 Å². The first-order valence-electron chi connectivity index (χ1n) is 9.03. The van der Waals surface area contributed by atoms with E-state index in [2.05, 4.69) is 15.6 Å². The molecule has 0 saturated carbocycles. The second-order valence-corrected chi connectivity index (χ2v) is 6.49. The lowest BCUT2D eigenvalue weighted by Crippen LogP contribution is -2.34. The molecule has 26 heavy (non-hydrogen) atoms. The second kappa shape index (κ2) is 8.03. The minimum Gasteiger partial charge on any atom is -0.361 e. The van der Waals surface area contributed by atoms with Gasteiger partial charge in [0, 0.05) is 36.6 Å². The number of rotatable bonds is 8. The van der Waals surface area contributed by atoms with E-state index in [-0.39, 0.29) is 24.3 Å². The van der Waals surface area contributed by atoms with Crippen molar-refractivity contribution in [3.05, 3.63) is 36.0 Å². The number of hydrogen-bond acceptors (Lipinski definition) is 3. The molecule has 4 amide bonds. The zero-order valence-corrected chi connectivity index (χ0v) is 14.9. The zero-order chi connectivity index (χ0) is 18.5. The van der Waals surface area contributed by atoms with Crippen LogP contribution in [0.1, 0.15) is 31.7 Å². The predicted molar refractivity (Wildman–Crippen MR) is 98.6 cm³/mol. The number of H-pyrrole nitrogens is 1. The summed E-state index contributed by atoms with van der Waals surface area (Å²) in [5.74, 6) is -0.343. The summed E-state index contributed by atoms with van der Waals surface area (Å²) in [6, 6.07) is 6.94. The monoisotopic (exact) mass is 356 g/mol. The number of nitrogens with zero attached hydrogens (tertiary/aromatic N) is 1. The Labute approximate surface area is 152 Å². The number of hydrogen-bond donors (Lipinski definition) is 3. The highest BCUT2D eigenvalue weighted by atomic mass is 16.2. The smallest absolute Gasteiger partial charge is 0.324 e. The van der Waals surface area contributed by atoms with Crippen LogP contribution in [0, 0.1) is 0 Å². The Balaban J connectivity index is 1.55. The molecule has 0 spiro atoms. The van der Waals surface area contributed by atoms with Crippen LogP contribution >= 0.6 is 0 Å². The first kappa shape index (κ1) is 18.0. The average molecular weight is 356 g/mol. The minimum atomic E-state index is -0.613. The second-order valence-electron chi connectivity index (χ2n) is 6.49. The molecule has 0 radical (unpaired) electrons. The van der Waals surface area contributed by atoms with Gasteiger partial charge in [-0.25, -0.2) is 4.79 Å². The molecule has 1 aromatic heterocycles. The number of urea groups is 1. The molecule has 0 aliphatic carbocycles. The van der Waals surface area contributed by atoms with Crippen molar-refractivity contribution in [1.82, 2.24) is 20.5 Å². The molecule has 1 aliphatic heterocycles. The molecule has 1 aliphatic rings. The van der Waals surface area contributed by atoms with Crippen molar-refractivity contribution in [3.63, 3.8) is 0 Å². The molecule has 1 atom stereocenters. The molecular weight excluding hydrogens is 332 g/mol. The SMILES string of the molecule is CCCNC(=O)CC[C@@H]1NC(=O)N(CCc2c[nH]c3ccccc23)C1=O. The van der Waals surface area contributed by atoms with E-state index in [1.165, 1.54) is 4.90 Å². The Morgan fingerprint density at radius 3 is 2.88 bits per heavy atom. The van der Waals surface area contributed by atoms with Crippen LogP contribution in [0.2, 0.25) is 0 Å². The van der Waals surface area contributed by atoms with Gasteiger partial charge in [0.2, 0.25) is 5.91 Å². The van der Waals surface area contributed by atoms with Crippen molar-refractivity contribution < 1.29 is 14.4 Å². The highest BCUT2D eigenvalue weighted by Gasteiger charge is 2.37. The summed E-state index contributed by atoms with van der Waals surface area (Å²) >= 11 is 0. The van der Waals surface area contributed by atoms with Crippen LogP contribution in [-0.4, -0.2) is 46.9 Å². The predicted octanol–water partition coefficient (Wildman–Crippen LogP) is 1.94. The van der Waals surface area contributed by atoms with Gasteiger partial charge in [-0.2, -0.15) is 0 Å². The maximum Gasteiger partial charge on any atom is 0.324 e. The molecule has 7 heteroatoms. The highest BCUT2D eigenvalue weighted by Crippen LogP contribution is 2.19. The Morgan fingerprint density at radius 1 is 1.27 bits per heavy atom. The summed E-state index contributed by atoms with van der Waals surface area (Å²) in [6.45, 7) is 2.93. The molecule has 138 valence electrons. The molecule has 2 aromatic rings. The summed E-state index contributed by atoms with van der Waals surface area (Å²) in [5.41, 5.74) is 2.11. The largest absolute Gasteiger partial charge is 0.361 e. The minimum absolute atomic E-state index is 0.0915. The quantitative estimate of drug-likeness (QED) is 0.631. The van der Waals surface area contributed by atoms with Crippen LogP contribution in [0.25, 0.3) is 10.9 Å². The van der Waals surface area contributed by atoms with Crippen LogP contribution in [0.4, 0.5) is 4.79 Å². The van der Waals surface area contributed by atoms with E-state index in [1.54, 1.807) is 0 Å². The van der Waals surface area contributed by atoms with E-state index in [0.29, 0.717) is 25.9 Å². The van der Waals surface area contributed by atoms with E-state index in [0.717, 1.165) is 22.9 Å². The fourth-order valence-electron chi connectivity index (χ4n) is 3.18. The average Bonchev–Trinajstić information content (AvgIpc) is 3.17. The summed E-state index contributed by atoms with van der Waals surface area (Å²) in [4.78, 5) is 40.7. The van der Waals surface area contributed by atoms with Crippen molar-refractivity contribution in [1.29, 1.82) is 0 Å². The Kier molecular flexibility index (Phi) is 5.55. The topological polar surface area (TPSA) is 94.3 Å². The van der Waals surface area contributed by atoms with Crippen molar-refractivity contribution >= 4 is 28.7 Å². The number of carbonyl (C=O) groups excluding carboxylic acids is 3. The van der Waals surface area contributed by atoms with Crippen molar-refractivity contribution in [2.24, 2.45) is 0 Å². The van der Waals surface area contributed by atoms with Gasteiger partial charge in [-0.1, -0.05) is 25.1 Å². The molecule has 0 unspecified atom stereocenters. The number of carbonyl (C=O) groups is 3. The number of amides is 4. The number of fused-ring (bicyclic) bond motifs is 1. The third-order valence-electron chi connectivity index (χ3n) is 4.62. The number of nitrogens with one attached hydrogen (secondary N) is 3. The van der Waals surface area contributed by atoms with E-state index in [1.807, 2.05) is 37.4 Å². The van der Waals surface area contributed by atoms with Crippen LogP contribution in [0.15, 0.2) is 30.5 Å². The third kappa shape index (κ3) is 3.87. The molecule has 1 saturated heterocycles. The highest BCUT2D eigenvalue weighted by molar-refractivity contribution is 6.04. The fourth-order valence-corrected chi connectivity index (χ4v) is 3.18. The van der Waals surface area contributed by atoms with E-state index >= 15 is 0 Å². The van der Waals surface area contributed by atoms with Gasteiger partial charge in [0.05, 0.1) is 0 Å². The van der Waals surface area contributed by atoms with Gasteiger partial charge in [-0.15, -0.1) is 0 Å². The molecule has 1 fully saturated rings. The molecule has 2 heterocycles. The van der Waals surface area contributed by atoms with Gasteiger partial charge < -0.3 is 15.6 Å². The molecule has 1 aromatic carbocycles. The van der Waals surface area contributed by atoms with Gasteiger partial charge in [0.1, 0.15) is 6.04 Å². The lowest BCUT2D eigenvalue weighted by molar-refractivity contribution is -0.127. The Hall–Kier alpha value is -2.83. The first-order valence-corrected chi connectivity index (χ1v) is 9.03. The van der Waals surface area contributed by atoms with Gasteiger partial charge in [0.15, 0.2) is 0 Å². The van der Waals surface area contributed by atoms with E-state index in [4.69, 9.17) is 0 Å². The molecule has 3 N–H and O–H groups in total. The molecule has 0 bridgehead atoms. The lowest BCUT2D eigenvalue weighted by atomic mass is 10.1. The van der Waals surface area contributed by atoms with Crippen LogP contribution in [0.5, 0.6) is 0 Å². The van der Waals surface area contributed by atoms with Gasteiger partial charge in [-0.3, -0.25) is 14.5 Å². The lowest BCUT2D eigenvalue weighted by Gasteiger charge is -2.12. The summed E-state index contributed by atoms with van der Waals surface area (Å²) < 4.78 is 0. The van der Waals surface area contributed by atoms with Crippen molar-refractivity contribution in [3.8, 4) is 0 Å². The summed E-state index contributed by atoms with van der Waals surface area (Å²) in [5, 5.41) is 6.56. The number of benzene rings is 1. The zero-order valence-electron chi connectivity index (χ0n) is 14.9. The number of aromatic amines is 1. The molecule has 3 rings (SSSR count). The van der Waals surface area contributed by atoms with Gasteiger partial charge >= 0.3 is 6.03 Å². The van der Waals surface area contributed by atoms with Crippen LogP contribution in [0.3, 0.4) is 0 Å². The maximum atomic E-state index is 12.5. The molecular formula is C19H24N4O3. The van der Waals surface area contributed by atoms with Crippen molar-refractivity contribution in [2.45, 2.75) is 38.6 Å². The number of imide groups is 1. The maximum absolute atomic E-state index is 12.5. The Bertz CT molecular complexity index is 814.